The summed E-state index contributed by atoms with van der Waals surface area (Å²) in [6, 6.07) is 14.3. The third-order valence-corrected chi connectivity index (χ3v) is 4.27. The average Bonchev–Trinajstić information content (AvgIpc) is 2.68. The van der Waals surface area contributed by atoms with Gasteiger partial charge in [0.15, 0.2) is 0 Å². The Morgan fingerprint density at radius 1 is 0.852 bits per heavy atom. The Morgan fingerprint density at radius 2 is 1.44 bits per heavy atom. The lowest BCUT2D eigenvalue weighted by Gasteiger charge is -2.16. The summed E-state index contributed by atoms with van der Waals surface area (Å²) in [5, 5.41) is 0.776. The van der Waals surface area contributed by atoms with Gasteiger partial charge in [0.1, 0.15) is 29.2 Å². The van der Waals surface area contributed by atoms with Crippen LogP contribution in [0.4, 0.5) is 8.78 Å². The number of nitrogens with zero attached hydrogens (tertiary/aromatic N) is 2. The summed E-state index contributed by atoms with van der Waals surface area (Å²) >= 11 is 0. The molecule has 4 rings (SSSR count). The Bertz CT molecular complexity index is 1080. The highest BCUT2D eigenvalue weighted by atomic mass is 35.5. The molecular formula is C21H15ClF2N2O. The predicted octanol–water partition coefficient (Wildman–Crippen LogP) is 5.67. The molecule has 0 atom stereocenters. The summed E-state index contributed by atoms with van der Waals surface area (Å²) in [6.07, 6.45) is 3.16. The van der Waals surface area contributed by atoms with Gasteiger partial charge < -0.3 is 4.74 Å². The molecule has 6 heteroatoms. The van der Waals surface area contributed by atoms with E-state index in [-0.39, 0.29) is 24.0 Å². The average molecular weight is 385 g/mol. The van der Waals surface area contributed by atoms with Crippen LogP contribution >= 0.6 is 12.4 Å². The van der Waals surface area contributed by atoms with Crippen LogP contribution in [0.15, 0.2) is 67.1 Å². The van der Waals surface area contributed by atoms with Gasteiger partial charge in [0.05, 0.1) is 7.11 Å². The van der Waals surface area contributed by atoms with Crippen molar-refractivity contribution < 1.29 is 13.5 Å². The summed E-state index contributed by atoms with van der Waals surface area (Å²) in [6.45, 7) is 0. The molecule has 0 aliphatic carbocycles. The number of ether oxygens (including phenoxy) is 1. The SMILES string of the molecule is COc1cc(-c2ccc(F)cc2)c(-c2ccc(F)cc2)c2cncnc12.Cl. The molecule has 0 N–H and O–H groups in total. The molecule has 0 unspecified atom stereocenters. The molecule has 1 aromatic heterocycles. The van der Waals surface area contributed by atoms with Crippen LogP contribution in [0.1, 0.15) is 0 Å². The Kier molecular flexibility index (Phi) is 5.33. The van der Waals surface area contributed by atoms with Crippen molar-refractivity contribution in [3.63, 3.8) is 0 Å². The lowest BCUT2D eigenvalue weighted by atomic mass is 9.91. The van der Waals surface area contributed by atoms with Crippen LogP contribution in [0.5, 0.6) is 5.75 Å². The topological polar surface area (TPSA) is 35.0 Å². The van der Waals surface area contributed by atoms with Crippen LogP contribution in [0.3, 0.4) is 0 Å². The van der Waals surface area contributed by atoms with E-state index in [0.29, 0.717) is 11.3 Å². The monoisotopic (exact) mass is 384 g/mol. The maximum absolute atomic E-state index is 13.4. The first-order valence-electron chi connectivity index (χ1n) is 8.00. The van der Waals surface area contributed by atoms with E-state index in [1.165, 1.54) is 30.6 Å². The first-order valence-corrected chi connectivity index (χ1v) is 8.00. The maximum Gasteiger partial charge on any atom is 0.145 e. The standard InChI is InChI=1S/C21H14F2N2O.ClH/c1-26-19-10-17(13-2-6-15(22)7-3-13)20(14-4-8-16(23)9-5-14)18-11-24-12-25-21(18)19;/h2-12H,1H3;1H. The molecule has 0 aliphatic heterocycles. The van der Waals surface area contributed by atoms with Gasteiger partial charge in [0.2, 0.25) is 0 Å². The number of hydrogen-bond acceptors (Lipinski definition) is 3. The normalized spacial score (nSPS) is 10.5. The lowest BCUT2D eigenvalue weighted by Crippen LogP contribution is -1.95. The summed E-state index contributed by atoms with van der Waals surface area (Å²) in [5.41, 5.74) is 3.96. The molecule has 0 spiro atoms. The molecule has 27 heavy (non-hydrogen) atoms. The van der Waals surface area contributed by atoms with Crippen molar-refractivity contribution >= 4 is 23.3 Å². The zero-order valence-electron chi connectivity index (χ0n) is 14.3. The first-order chi connectivity index (χ1) is 12.7. The van der Waals surface area contributed by atoms with E-state index in [2.05, 4.69) is 9.97 Å². The third kappa shape index (κ3) is 3.46. The second-order valence-electron chi connectivity index (χ2n) is 5.80. The Balaban J connectivity index is 0.00000210. The van der Waals surface area contributed by atoms with Crippen molar-refractivity contribution in [2.45, 2.75) is 0 Å². The minimum absolute atomic E-state index is 0. The molecule has 0 bridgehead atoms. The second kappa shape index (κ2) is 7.68. The van der Waals surface area contributed by atoms with E-state index in [1.807, 2.05) is 6.07 Å². The molecule has 1 heterocycles. The van der Waals surface area contributed by atoms with Gasteiger partial charge in [-0.1, -0.05) is 24.3 Å². The van der Waals surface area contributed by atoms with E-state index < -0.39 is 0 Å². The zero-order chi connectivity index (χ0) is 18.1. The smallest absolute Gasteiger partial charge is 0.145 e. The molecule has 0 saturated heterocycles. The van der Waals surface area contributed by atoms with Crippen molar-refractivity contribution in [3.8, 4) is 28.0 Å². The zero-order valence-corrected chi connectivity index (χ0v) is 15.1. The Hall–Kier alpha value is -3.05. The summed E-state index contributed by atoms with van der Waals surface area (Å²) in [7, 11) is 1.57. The van der Waals surface area contributed by atoms with E-state index >= 15 is 0 Å². The van der Waals surface area contributed by atoms with E-state index in [9.17, 15) is 8.78 Å². The highest BCUT2D eigenvalue weighted by Crippen LogP contribution is 2.41. The van der Waals surface area contributed by atoms with Crippen LogP contribution in [-0.4, -0.2) is 17.1 Å². The van der Waals surface area contributed by atoms with Crippen LogP contribution in [0.25, 0.3) is 33.2 Å². The van der Waals surface area contributed by atoms with Crippen LogP contribution in [-0.2, 0) is 0 Å². The van der Waals surface area contributed by atoms with Gasteiger partial charge in [-0.3, -0.25) is 0 Å². The fraction of sp³-hybridized carbons (Fsp3) is 0.0476. The van der Waals surface area contributed by atoms with Gasteiger partial charge in [-0.2, -0.15) is 0 Å². The van der Waals surface area contributed by atoms with Crippen molar-refractivity contribution in [1.82, 2.24) is 9.97 Å². The number of fused-ring (bicyclic) bond motifs is 1. The Morgan fingerprint density at radius 3 is 2.04 bits per heavy atom. The molecule has 4 aromatic rings. The number of methoxy groups -OCH3 is 1. The fourth-order valence-electron chi connectivity index (χ4n) is 3.07. The van der Waals surface area contributed by atoms with Crippen LogP contribution in [0, 0.1) is 11.6 Å². The van der Waals surface area contributed by atoms with Crippen molar-refractivity contribution in [1.29, 1.82) is 0 Å². The maximum atomic E-state index is 13.4. The molecule has 0 radical (unpaired) electrons. The molecular weight excluding hydrogens is 370 g/mol. The molecule has 0 amide bonds. The van der Waals surface area contributed by atoms with E-state index in [4.69, 9.17) is 4.74 Å². The molecule has 3 aromatic carbocycles. The highest BCUT2D eigenvalue weighted by molar-refractivity contribution is 6.05. The van der Waals surface area contributed by atoms with Gasteiger partial charge in [-0.25, -0.2) is 18.7 Å². The third-order valence-electron chi connectivity index (χ3n) is 4.27. The quantitative estimate of drug-likeness (QED) is 0.456. The lowest BCUT2D eigenvalue weighted by molar-refractivity contribution is 0.419. The number of hydrogen-bond donors (Lipinski definition) is 0. The predicted molar refractivity (Wildman–Crippen MR) is 104 cm³/mol. The number of aromatic nitrogens is 2. The van der Waals surface area contributed by atoms with Gasteiger partial charge in [0, 0.05) is 17.1 Å². The number of benzene rings is 3. The van der Waals surface area contributed by atoms with Gasteiger partial charge in [0.25, 0.3) is 0 Å². The second-order valence-corrected chi connectivity index (χ2v) is 5.80. The van der Waals surface area contributed by atoms with Gasteiger partial charge in [-0.15, -0.1) is 12.4 Å². The van der Waals surface area contributed by atoms with E-state index in [0.717, 1.165) is 27.6 Å². The summed E-state index contributed by atoms with van der Waals surface area (Å²) < 4.78 is 32.3. The van der Waals surface area contributed by atoms with Crippen molar-refractivity contribution in [3.05, 3.63) is 78.8 Å². The summed E-state index contributed by atoms with van der Waals surface area (Å²) in [4.78, 5) is 8.47. The molecule has 0 aliphatic rings. The number of rotatable bonds is 3. The van der Waals surface area contributed by atoms with Crippen LogP contribution in [0.2, 0.25) is 0 Å². The highest BCUT2D eigenvalue weighted by Gasteiger charge is 2.17. The van der Waals surface area contributed by atoms with E-state index in [1.54, 1.807) is 37.6 Å². The van der Waals surface area contributed by atoms with Gasteiger partial charge in [-0.05, 0) is 47.0 Å². The minimum atomic E-state index is -0.314. The molecule has 3 nitrogen and oxygen atoms in total. The minimum Gasteiger partial charge on any atom is -0.494 e. The molecule has 136 valence electrons. The number of halogens is 3. The van der Waals surface area contributed by atoms with Crippen LogP contribution < -0.4 is 4.74 Å². The molecule has 0 fully saturated rings. The largest absolute Gasteiger partial charge is 0.494 e. The summed E-state index contributed by atoms with van der Waals surface area (Å²) in [5.74, 6) is -0.0353. The molecule has 0 saturated carbocycles. The van der Waals surface area contributed by atoms with Gasteiger partial charge >= 0.3 is 0 Å². The Labute approximate surface area is 161 Å². The van der Waals surface area contributed by atoms with Crippen molar-refractivity contribution in [2.24, 2.45) is 0 Å². The van der Waals surface area contributed by atoms with Crippen molar-refractivity contribution in [2.75, 3.05) is 7.11 Å². The first kappa shape index (κ1) is 18.7. The fourth-order valence-corrected chi connectivity index (χ4v) is 3.07.